The third-order valence-corrected chi connectivity index (χ3v) is 2.15. The van der Waals surface area contributed by atoms with Crippen LogP contribution in [0.15, 0.2) is 36.0 Å². The van der Waals surface area contributed by atoms with Gasteiger partial charge in [-0.2, -0.15) is 0 Å². The summed E-state index contributed by atoms with van der Waals surface area (Å²) < 4.78 is 0. The molecule has 2 rings (SSSR count). The molecule has 1 aromatic rings. The number of para-hydroxylation sites is 1. The molecule has 0 N–H and O–H groups in total. The summed E-state index contributed by atoms with van der Waals surface area (Å²) in [4.78, 5) is 16.0. The minimum absolute atomic E-state index is 0.605. The summed E-state index contributed by atoms with van der Waals surface area (Å²) in [5.41, 5.74) is 0.605. The lowest BCUT2D eigenvalue weighted by Gasteiger charge is -2.17. The van der Waals surface area contributed by atoms with Gasteiger partial charge in [-0.3, -0.25) is 0 Å². The second-order valence-electron chi connectivity index (χ2n) is 3.16. The van der Waals surface area contributed by atoms with Crippen molar-refractivity contribution in [1.82, 2.24) is 5.06 Å². The van der Waals surface area contributed by atoms with Crippen LogP contribution in [0.2, 0.25) is 0 Å². The highest BCUT2D eigenvalue weighted by Crippen LogP contribution is 2.21. The maximum Gasteiger partial charge on any atom is 0.155 e. The van der Waals surface area contributed by atoms with Gasteiger partial charge in [-0.25, -0.2) is 9.86 Å². The van der Waals surface area contributed by atoms with Crippen molar-refractivity contribution in [2.45, 2.75) is 12.8 Å². The van der Waals surface area contributed by atoms with Crippen molar-refractivity contribution >= 4 is 5.94 Å². The fraction of sp³-hybridized carbons (Fsp3) is 0.273. The van der Waals surface area contributed by atoms with Gasteiger partial charge < -0.3 is 4.84 Å². The molecule has 0 aromatic heterocycles. The molecule has 3 heteroatoms. The molecule has 0 radical (unpaired) electrons. The van der Waals surface area contributed by atoms with E-state index in [4.69, 9.17) is 4.84 Å². The van der Waals surface area contributed by atoms with E-state index >= 15 is 0 Å². The number of allylic oxidation sites excluding steroid dienone is 1. The smallest absolute Gasteiger partial charge is 0.155 e. The summed E-state index contributed by atoms with van der Waals surface area (Å²) in [5, 5.41) is 1.61. The van der Waals surface area contributed by atoms with E-state index in [1.54, 1.807) is 5.06 Å². The number of hydroxylamine groups is 2. The van der Waals surface area contributed by atoms with E-state index in [0.717, 1.165) is 25.1 Å². The van der Waals surface area contributed by atoms with Crippen molar-refractivity contribution in [2.24, 2.45) is 0 Å². The average Bonchev–Trinajstić information content (AvgIpc) is 2.67. The van der Waals surface area contributed by atoms with Crippen molar-refractivity contribution in [3.05, 3.63) is 36.0 Å². The van der Waals surface area contributed by atoms with Crippen LogP contribution in [0.4, 0.5) is 0 Å². The molecule has 1 fully saturated rings. The maximum absolute atomic E-state index is 10.5. The zero-order valence-corrected chi connectivity index (χ0v) is 7.77. The van der Waals surface area contributed by atoms with Crippen molar-refractivity contribution in [3.63, 3.8) is 0 Å². The molecule has 1 aliphatic heterocycles. The van der Waals surface area contributed by atoms with Crippen LogP contribution < -0.4 is 4.84 Å². The Balaban J connectivity index is 2.08. The molecule has 14 heavy (non-hydrogen) atoms. The zero-order valence-electron chi connectivity index (χ0n) is 7.77. The van der Waals surface area contributed by atoms with Crippen LogP contribution in [0.1, 0.15) is 12.8 Å². The average molecular weight is 189 g/mol. The summed E-state index contributed by atoms with van der Waals surface area (Å²) in [6.45, 7) is 0.763. The van der Waals surface area contributed by atoms with Crippen LogP contribution >= 0.6 is 0 Å². The molecule has 0 bridgehead atoms. The van der Waals surface area contributed by atoms with Crippen LogP contribution in [0.25, 0.3) is 0 Å². The lowest BCUT2D eigenvalue weighted by atomic mass is 10.3. The molecule has 1 saturated heterocycles. The first-order valence-electron chi connectivity index (χ1n) is 4.64. The van der Waals surface area contributed by atoms with Crippen LogP contribution in [-0.4, -0.2) is 17.5 Å². The molecule has 1 aliphatic rings. The lowest BCUT2D eigenvalue weighted by molar-refractivity contribution is -0.00391. The third kappa shape index (κ3) is 1.78. The van der Waals surface area contributed by atoms with E-state index in [-0.39, 0.29) is 0 Å². The summed E-state index contributed by atoms with van der Waals surface area (Å²) in [6, 6.07) is 9.44. The Morgan fingerprint density at radius 2 is 2.07 bits per heavy atom. The summed E-state index contributed by atoms with van der Waals surface area (Å²) in [7, 11) is 0. The Hall–Kier alpha value is -1.73. The van der Waals surface area contributed by atoms with Crippen LogP contribution in [-0.2, 0) is 4.79 Å². The molecule has 1 aromatic carbocycles. The largest absolute Gasteiger partial charge is 0.379 e. The van der Waals surface area contributed by atoms with Gasteiger partial charge >= 0.3 is 0 Å². The SMILES string of the molecule is O=C=C1CCCN1Oc1ccccc1. The first-order chi connectivity index (χ1) is 6.90. The normalized spacial score (nSPS) is 15.4. The summed E-state index contributed by atoms with van der Waals surface area (Å²) >= 11 is 0. The highest BCUT2D eigenvalue weighted by molar-refractivity contribution is 5.51. The van der Waals surface area contributed by atoms with Gasteiger partial charge in [0.1, 0.15) is 11.6 Å². The number of carbonyl (C=O) groups excluding carboxylic acids is 1. The van der Waals surface area contributed by atoms with Crippen molar-refractivity contribution < 1.29 is 9.63 Å². The quantitative estimate of drug-likeness (QED) is 0.664. The van der Waals surface area contributed by atoms with Crippen LogP contribution in [0.5, 0.6) is 5.75 Å². The van der Waals surface area contributed by atoms with E-state index in [1.807, 2.05) is 36.3 Å². The van der Waals surface area contributed by atoms with Gasteiger partial charge in [-0.1, -0.05) is 18.2 Å². The number of nitrogens with zero attached hydrogens (tertiary/aromatic N) is 1. The number of rotatable bonds is 2. The van der Waals surface area contributed by atoms with Gasteiger partial charge in [0.25, 0.3) is 0 Å². The van der Waals surface area contributed by atoms with E-state index < -0.39 is 0 Å². The zero-order chi connectivity index (χ0) is 9.80. The molecule has 0 amide bonds. The third-order valence-electron chi connectivity index (χ3n) is 2.15. The first kappa shape index (κ1) is 8.85. The predicted octanol–water partition coefficient (Wildman–Crippen LogP) is 1.79. The Morgan fingerprint density at radius 1 is 1.29 bits per heavy atom. The standard InChI is InChI=1S/C11H11NO2/c13-9-10-5-4-8-12(10)14-11-6-2-1-3-7-11/h1-3,6-7H,4-5,8H2. The highest BCUT2D eigenvalue weighted by Gasteiger charge is 2.19. The number of benzene rings is 1. The number of hydrogen-bond acceptors (Lipinski definition) is 3. The van der Waals surface area contributed by atoms with Gasteiger partial charge in [0, 0.05) is 6.42 Å². The molecule has 0 unspecified atom stereocenters. The Kier molecular flexibility index (Phi) is 2.52. The van der Waals surface area contributed by atoms with Gasteiger partial charge in [0.05, 0.1) is 6.54 Å². The topological polar surface area (TPSA) is 29.5 Å². The Morgan fingerprint density at radius 3 is 2.79 bits per heavy atom. The summed E-state index contributed by atoms with van der Waals surface area (Å²) in [6.07, 6.45) is 1.72. The van der Waals surface area contributed by atoms with Gasteiger partial charge in [-0.05, 0) is 18.6 Å². The lowest BCUT2D eigenvalue weighted by Crippen LogP contribution is -2.22. The molecular weight excluding hydrogens is 178 g/mol. The van der Waals surface area contributed by atoms with Gasteiger partial charge in [0.2, 0.25) is 0 Å². The summed E-state index contributed by atoms with van der Waals surface area (Å²) in [5.74, 6) is 2.65. The van der Waals surface area contributed by atoms with E-state index in [1.165, 1.54) is 0 Å². The first-order valence-corrected chi connectivity index (χ1v) is 4.64. The molecule has 3 nitrogen and oxygen atoms in total. The van der Waals surface area contributed by atoms with Crippen molar-refractivity contribution in [2.75, 3.05) is 6.54 Å². The molecule has 1 heterocycles. The van der Waals surface area contributed by atoms with E-state index in [2.05, 4.69) is 0 Å². The molecule has 0 saturated carbocycles. The Labute approximate surface area is 82.5 Å². The molecular formula is C11H11NO2. The second kappa shape index (κ2) is 3.99. The molecule has 0 atom stereocenters. The minimum atomic E-state index is 0.605. The van der Waals surface area contributed by atoms with Crippen molar-refractivity contribution in [1.29, 1.82) is 0 Å². The van der Waals surface area contributed by atoms with Gasteiger partial charge in [0.15, 0.2) is 5.75 Å². The molecule has 0 aliphatic carbocycles. The Bertz CT molecular complexity index is 355. The van der Waals surface area contributed by atoms with E-state index in [9.17, 15) is 4.79 Å². The van der Waals surface area contributed by atoms with Crippen LogP contribution in [0, 0.1) is 0 Å². The van der Waals surface area contributed by atoms with E-state index in [0.29, 0.717) is 5.70 Å². The van der Waals surface area contributed by atoms with Crippen molar-refractivity contribution in [3.8, 4) is 5.75 Å². The molecule has 72 valence electrons. The fourth-order valence-corrected chi connectivity index (χ4v) is 1.46. The highest BCUT2D eigenvalue weighted by atomic mass is 16.7. The minimum Gasteiger partial charge on any atom is -0.379 e. The number of hydrogen-bond donors (Lipinski definition) is 0. The predicted molar refractivity (Wildman–Crippen MR) is 52.2 cm³/mol. The maximum atomic E-state index is 10.5. The van der Waals surface area contributed by atoms with Crippen LogP contribution in [0.3, 0.4) is 0 Å². The monoisotopic (exact) mass is 189 g/mol. The molecule has 0 spiro atoms. The fourth-order valence-electron chi connectivity index (χ4n) is 1.46. The second-order valence-corrected chi connectivity index (χ2v) is 3.16. The van der Waals surface area contributed by atoms with Gasteiger partial charge in [-0.15, -0.1) is 0 Å².